The van der Waals surface area contributed by atoms with Gasteiger partial charge in [-0.05, 0) is 26.0 Å². The van der Waals surface area contributed by atoms with Crippen LogP contribution in [0.5, 0.6) is 0 Å². The molecule has 1 aromatic carbocycles. The zero-order valence-electron chi connectivity index (χ0n) is 12.4. The maximum absolute atomic E-state index is 12.7. The van der Waals surface area contributed by atoms with Gasteiger partial charge in [-0.3, -0.25) is 4.79 Å². The van der Waals surface area contributed by atoms with Crippen LogP contribution in [0.4, 0.5) is 0 Å². The van der Waals surface area contributed by atoms with Crippen LogP contribution in [0.25, 0.3) is 0 Å². The monoisotopic (exact) mass is 320 g/mol. The van der Waals surface area contributed by atoms with Crippen molar-refractivity contribution in [1.29, 1.82) is 0 Å². The number of carbonyl (C=O) groups is 1. The van der Waals surface area contributed by atoms with Gasteiger partial charge < -0.3 is 4.57 Å². The lowest BCUT2D eigenvalue weighted by atomic mass is 10.2. The number of hydrogen-bond acceptors (Lipinski definition) is 5. The van der Waals surface area contributed by atoms with E-state index in [1.165, 1.54) is 23.4 Å². The summed E-state index contributed by atoms with van der Waals surface area (Å²) >= 11 is 0. The summed E-state index contributed by atoms with van der Waals surface area (Å²) in [6.45, 7) is 4.33. The van der Waals surface area contributed by atoms with Crippen LogP contribution in [0.15, 0.2) is 29.2 Å². The summed E-state index contributed by atoms with van der Waals surface area (Å²) in [6.07, 6.45) is 0. The van der Waals surface area contributed by atoms with Gasteiger partial charge in [0, 0.05) is 18.7 Å². The second kappa shape index (κ2) is 5.29. The third kappa shape index (κ3) is 2.44. The normalized spacial score (nSPS) is 15.5. The number of nitrogens with zero attached hydrogens (tertiary/aromatic N) is 4. The number of fused-ring (bicyclic) bond motifs is 1. The second-order valence-corrected chi connectivity index (χ2v) is 7.18. The molecule has 8 heteroatoms. The van der Waals surface area contributed by atoms with Crippen molar-refractivity contribution in [3.63, 3.8) is 0 Å². The summed E-state index contributed by atoms with van der Waals surface area (Å²) < 4.78 is 28.8. The van der Waals surface area contributed by atoms with E-state index in [-0.39, 0.29) is 17.2 Å². The molecule has 7 nitrogen and oxygen atoms in total. The second-order valence-electron chi connectivity index (χ2n) is 5.24. The summed E-state index contributed by atoms with van der Waals surface area (Å²) in [5.41, 5.74) is 0.386. The van der Waals surface area contributed by atoms with Crippen LogP contribution < -0.4 is 0 Å². The lowest BCUT2D eigenvalue weighted by Gasteiger charge is -2.27. The van der Waals surface area contributed by atoms with E-state index in [0.29, 0.717) is 24.5 Å². The predicted molar refractivity (Wildman–Crippen MR) is 78.8 cm³/mol. The Labute approximate surface area is 128 Å². The van der Waals surface area contributed by atoms with Crippen molar-refractivity contribution in [2.75, 3.05) is 6.54 Å². The van der Waals surface area contributed by atoms with E-state index in [0.717, 1.165) is 5.82 Å². The Morgan fingerprint density at radius 3 is 2.73 bits per heavy atom. The molecule has 1 aliphatic heterocycles. The highest BCUT2D eigenvalue weighted by Crippen LogP contribution is 2.22. The van der Waals surface area contributed by atoms with E-state index in [2.05, 4.69) is 10.2 Å². The van der Waals surface area contributed by atoms with Gasteiger partial charge in [0.25, 0.3) is 0 Å². The van der Waals surface area contributed by atoms with Crippen LogP contribution in [0, 0.1) is 6.92 Å². The van der Waals surface area contributed by atoms with Crippen LogP contribution in [-0.2, 0) is 23.1 Å². The average Bonchev–Trinajstić information content (AvgIpc) is 2.88. The van der Waals surface area contributed by atoms with E-state index in [1.54, 1.807) is 12.1 Å². The molecule has 1 aromatic heterocycles. The Balaban J connectivity index is 1.94. The Morgan fingerprint density at radius 1 is 1.23 bits per heavy atom. The van der Waals surface area contributed by atoms with Crippen LogP contribution in [0.3, 0.4) is 0 Å². The largest absolute Gasteiger partial charge is 0.313 e. The number of ketones is 1. The summed E-state index contributed by atoms with van der Waals surface area (Å²) in [6, 6.07) is 6.12. The van der Waals surface area contributed by atoms with Gasteiger partial charge >= 0.3 is 0 Å². The number of aryl methyl sites for hydroxylation is 1. The van der Waals surface area contributed by atoms with Crippen LogP contribution in [0.1, 0.15) is 28.9 Å². The molecule has 0 saturated heterocycles. The fraction of sp³-hybridized carbons (Fsp3) is 0.357. The van der Waals surface area contributed by atoms with Crippen molar-refractivity contribution >= 4 is 15.8 Å². The van der Waals surface area contributed by atoms with E-state index in [9.17, 15) is 13.2 Å². The topological polar surface area (TPSA) is 85.2 Å². The van der Waals surface area contributed by atoms with E-state index < -0.39 is 10.0 Å². The molecular formula is C14H16N4O3S. The number of benzene rings is 1. The zero-order chi connectivity index (χ0) is 15.9. The highest BCUT2D eigenvalue weighted by atomic mass is 32.2. The molecule has 0 radical (unpaired) electrons. The van der Waals surface area contributed by atoms with Crippen LogP contribution in [0.2, 0.25) is 0 Å². The van der Waals surface area contributed by atoms with Crippen molar-refractivity contribution in [3.05, 3.63) is 41.5 Å². The fourth-order valence-electron chi connectivity index (χ4n) is 2.51. The molecule has 0 aliphatic carbocycles. The Bertz CT molecular complexity index is 842. The molecule has 1 aliphatic rings. The maximum Gasteiger partial charge on any atom is 0.243 e. The average molecular weight is 320 g/mol. The molecule has 0 unspecified atom stereocenters. The molecule has 0 spiro atoms. The van der Waals surface area contributed by atoms with Gasteiger partial charge in [-0.1, -0.05) is 12.1 Å². The lowest BCUT2D eigenvalue weighted by Crippen LogP contribution is -2.38. The van der Waals surface area contributed by atoms with Gasteiger partial charge in [-0.15, -0.1) is 10.2 Å². The Kier molecular flexibility index (Phi) is 3.57. The highest BCUT2D eigenvalue weighted by molar-refractivity contribution is 7.89. The lowest BCUT2D eigenvalue weighted by molar-refractivity contribution is 0.101. The number of Topliss-reactive ketones (excluding diaryl/α,β-unsaturated/α-hetero) is 1. The Hall–Kier alpha value is -2.06. The van der Waals surface area contributed by atoms with Crippen molar-refractivity contribution in [1.82, 2.24) is 19.1 Å². The van der Waals surface area contributed by atoms with E-state index in [1.807, 2.05) is 11.5 Å². The van der Waals surface area contributed by atoms with Crippen molar-refractivity contribution in [2.24, 2.45) is 0 Å². The van der Waals surface area contributed by atoms with Crippen molar-refractivity contribution < 1.29 is 13.2 Å². The molecule has 22 heavy (non-hydrogen) atoms. The maximum atomic E-state index is 12.7. The predicted octanol–water partition coefficient (Wildman–Crippen LogP) is 0.994. The van der Waals surface area contributed by atoms with Gasteiger partial charge in [0.05, 0.1) is 11.4 Å². The minimum Gasteiger partial charge on any atom is -0.313 e. The summed E-state index contributed by atoms with van der Waals surface area (Å²) in [4.78, 5) is 11.6. The molecule has 116 valence electrons. The number of carbonyl (C=O) groups excluding carboxylic acids is 1. The molecule has 0 N–H and O–H groups in total. The fourth-order valence-corrected chi connectivity index (χ4v) is 3.94. The van der Waals surface area contributed by atoms with Crippen molar-refractivity contribution in [2.45, 2.75) is 31.8 Å². The first-order chi connectivity index (χ1) is 10.4. The highest BCUT2D eigenvalue weighted by Gasteiger charge is 2.30. The molecular weight excluding hydrogens is 304 g/mol. The summed E-state index contributed by atoms with van der Waals surface area (Å²) in [7, 11) is -3.65. The molecule has 2 heterocycles. The smallest absolute Gasteiger partial charge is 0.243 e. The van der Waals surface area contributed by atoms with Gasteiger partial charge in [-0.2, -0.15) is 4.31 Å². The number of aromatic nitrogens is 3. The first-order valence-corrected chi connectivity index (χ1v) is 8.33. The molecule has 0 fully saturated rings. The molecule has 0 amide bonds. The number of hydrogen-bond donors (Lipinski definition) is 0. The van der Waals surface area contributed by atoms with Gasteiger partial charge in [-0.25, -0.2) is 8.42 Å². The van der Waals surface area contributed by atoms with E-state index >= 15 is 0 Å². The Morgan fingerprint density at radius 2 is 2.00 bits per heavy atom. The van der Waals surface area contributed by atoms with Crippen molar-refractivity contribution in [3.8, 4) is 0 Å². The third-order valence-corrected chi connectivity index (χ3v) is 5.62. The SMILES string of the molecule is CC(=O)c1cccc(S(=O)(=O)N2CCn3c(C)nnc3C2)c1. The minimum absolute atomic E-state index is 0.130. The first kappa shape index (κ1) is 14.9. The number of rotatable bonds is 3. The van der Waals surface area contributed by atoms with E-state index in [4.69, 9.17) is 0 Å². The van der Waals surface area contributed by atoms with Crippen LogP contribution in [-0.4, -0.2) is 39.8 Å². The minimum atomic E-state index is -3.65. The summed E-state index contributed by atoms with van der Waals surface area (Å²) in [5, 5.41) is 7.98. The van der Waals surface area contributed by atoms with Gasteiger partial charge in [0.1, 0.15) is 11.6 Å². The molecule has 0 bridgehead atoms. The first-order valence-electron chi connectivity index (χ1n) is 6.89. The molecule has 3 rings (SSSR count). The van der Waals surface area contributed by atoms with Crippen LogP contribution >= 0.6 is 0 Å². The molecule has 0 saturated carbocycles. The molecule has 2 aromatic rings. The molecule has 0 atom stereocenters. The van der Waals surface area contributed by atoms with Gasteiger partial charge in [0.2, 0.25) is 10.0 Å². The summed E-state index contributed by atoms with van der Waals surface area (Å²) in [5.74, 6) is 1.26. The third-order valence-electron chi connectivity index (χ3n) is 3.78. The van der Waals surface area contributed by atoms with Gasteiger partial charge in [0.15, 0.2) is 5.78 Å². The zero-order valence-corrected chi connectivity index (χ0v) is 13.2. The quantitative estimate of drug-likeness (QED) is 0.787. The number of sulfonamides is 1. The standard InChI is InChI=1S/C14H16N4O3S/c1-10(19)12-4-3-5-13(8-12)22(20,21)17-6-7-18-11(2)15-16-14(18)9-17/h3-5,8H,6-7,9H2,1-2H3.